The van der Waals surface area contributed by atoms with Crippen molar-refractivity contribution < 1.29 is 4.42 Å². The zero-order valence-corrected chi connectivity index (χ0v) is 71.6. The van der Waals surface area contributed by atoms with Crippen LogP contribution in [0.15, 0.2) is 441 Å². The lowest BCUT2D eigenvalue weighted by Crippen LogP contribution is -2.00. The highest BCUT2D eigenvalue weighted by atomic mass is 16.3. The minimum atomic E-state index is 0.589. The van der Waals surface area contributed by atoms with Crippen LogP contribution in [0.3, 0.4) is 0 Å². The predicted octanol–water partition coefficient (Wildman–Crippen LogP) is 33.5. The van der Waals surface area contributed by atoms with Gasteiger partial charge >= 0.3 is 0 Å². The summed E-state index contributed by atoms with van der Waals surface area (Å²) in [5.74, 6) is 3.72. The fraction of sp³-hybridized carbons (Fsp3) is 0. The second-order valence-electron chi connectivity index (χ2n) is 33.9. The Hall–Kier alpha value is -18.3. The number of furan rings is 1. The molecule has 0 saturated heterocycles. The molecule has 26 rings (SSSR count). The second kappa shape index (κ2) is 31.9. The van der Waals surface area contributed by atoms with Crippen LogP contribution in [0.4, 0.5) is 11.4 Å². The van der Waals surface area contributed by atoms with Crippen molar-refractivity contribution in [3.63, 3.8) is 0 Å². The third kappa shape index (κ3) is 13.3. The first-order chi connectivity index (χ1) is 65.8. The molecule has 21 aromatic carbocycles. The maximum absolute atomic E-state index is 7.72. The van der Waals surface area contributed by atoms with Gasteiger partial charge in [-0.1, -0.05) is 413 Å². The molecular weight excluding hydrogens is 1620 g/mol. The molecule has 0 atom stereocenters. The molecule has 0 spiro atoms. The lowest BCUT2D eigenvalue weighted by atomic mass is 9.87. The monoisotopic (exact) mass is 1690 g/mol. The first kappa shape index (κ1) is 77.1. The smallest absolute Gasteiger partial charge is 0.194 e. The van der Waals surface area contributed by atoms with E-state index in [1.54, 1.807) is 0 Å². The van der Waals surface area contributed by atoms with E-state index < -0.39 is 0 Å². The van der Waals surface area contributed by atoms with Crippen molar-refractivity contribution in [2.24, 2.45) is 0 Å². The Bertz CT molecular complexity index is 8870. The van der Waals surface area contributed by atoms with E-state index in [4.69, 9.17) is 47.5 Å². The number of nitrogens with zero attached hydrogens (tertiary/aromatic N) is 8. The largest absolute Gasteiger partial charge is 0.456 e. The third-order valence-corrected chi connectivity index (χ3v) is 26.5. The van der Waals surface area contributed by atoms with Crippen LogP contribution < -0.4 is 0 Å². The van der Waals surface area contributed by atoms with Crippen molar-refractivity contribution in [3.8, 4) is 191 Å². The zero-order valence-electron chi connectivity index (χ0n) is 71.6. The molecule has 2 aliphatic carbocycles. The molecule has 0 amide bonds. The highest BCUT2D eigenvalue weighted by Crippen LogP contribution is 2.55. The van der Waals surface area contributed by atoms with Crippen LogP contribution in [0.5, 0.6) is 0 Å². The molecule has 9 nitrogen and oxygen atoms in total. The number of fused-ring (bicyclic) bond motifs is 12. The van der Waals surface area contributed by atoms with Gasteiger partial charge in [0.15, 0.2) is 46.3 Å². The topological polar surface area (TPSA) is 99.2 Å². The lowest BCUT2D eigenvalue weighted by molar-refractivity contribution is 0.669. The zero-order chi connectivity index (χ0) is 88.1. The highest BCUT2D eigenvalue weighted by Gasteiger charge is 2.29. The van der Waals surface area contributed by atoms with Crippen LogP contribution in [0.25, 0.3) is 276 Å². The van der Waals surface area contributed by atoms with Gasteiger partial charge in [-0.25, -0.2) is 39.6 Å². The van der Waals surface area contributed by atoms with Gasteiger partial charge in [0.05, 0.1) is 13.1 Å². The predicted molar refractivity (Wildman–Crippen MR) is 547 cm³/mol. The van der Waals surface area contributed by atoms with Gasteiger partial charge in [0, 0.05) is 44.2 Å². The quantitative estimate of drug-likeness (QED) is 0.106. The molecule has 0 bridgehead atoms. The Balaban J connectivity index is 0.000000143. The number of rotatable bonds is 13. The minimum absolute atomic E-state index is 0.589. The van der Waals surface area contributed by atoms with Crippen molar-refractivity contribution in [3.05, 3.63) is 460 Å². The van der Waals surface area contributed by atoms with Crippen LogP contribution in [0.1, 0.15) is 0 Å². The van der Waals surface area contributed by atoms with Crippen molar-refractivity contribution in [1.29, 1.82) is 0 Å². The van der Waals surface area contributed by atoms with Gasteiger partial charge in [-0.05, 0) is 201 Å². The maximum Gasteiger partial charge on any atom is 0.194 e. The summed E-state index contributed by atoms with van der Waals surface area (Å²) in [7, 11) is 0. The van der Waals surface area contributed by atoms with Gasteiger partial charge in [-0.3, -0.25) is 0 Å². The molecule has 3 aromatic heterocycles. The molecule has 0 radical (unpaired) electrons. The first-order valence-electron chi connectivity index (χ1n) is 44.6. The molecule has 3 heterocycles. The summed E-state index contributed by atoms with van der Waals surface area (Å²) in [6.07, 6.45) is 0. The average Bonchev–Trinajstić information content (AvgIpc) is 1.58. The molecule has 2 aliphatic rings. The van der Waals surface area contributed by atoms with Crippen molar-refractivity contribution in [2.45, 2.75) is 0 Å². The summed E-state index contributed by atoms with van der Waals surface area (Å²) in [6.45, 7) is 15.4. The van der Waals surface area contributed by atoms with E-state index >= 15 is 0 Å². The summed E-state index contributed by atoms with van der Waals surface area (Å²) >= 11 is 0. The van der Waals surface area contributed by atoms with E-state index in [9.17, 15) is 0 Å². The maximum atomic E-state index is 7.72. The van der Waals surface area contributed by atoms with Crippen LogP contribution in [0, 0.1) is 13.1 Å². The number of para-hydroxylation sites is 1. The molecule has 0 fully saturated rings. The van der Waals surface area contributed by atoms with E-state index in [1.165, 1.54) is 105 Å². The van der Waals surface area contributed by atoms with E-state index in [1.807, 2.05) is 164 Å². The van der Waals surface area contributed by atoms with Gasteiger partial charge in [-0.15, -0.1) is 0 Å². The third-order valence-electron chi connectivity index (χ3n) is 26.5. The van der Waals surface area contributed by atoms with E-state index in [2.05, 4.69) is 283 Å². The summed E-state index contributed by atoms with van der Waals surface area (Å²) in [5.41, 5.74) is 34.7. The summed E-state index contributed by atoms with van der Waals surface area (Å²) in [6, 6.07) is 153. The molecule has 133 heavy (non-hydrogen) atoms. The first-order valence-corrected chi connectivity index (χ1v) is 44.6. The fourth-order valence-corrected chi connectivity index (χ4v) is 20.1. The van der Waals surface area contributed by atoms with Crippen LogP contribution >= 0.6 is 0 Å². The molecule has 9 heteroatoms. The number of aromatic nitrogens is 6. The second-order valence-corrected chi connectivity index (χ2v) is 33.9. The van der Waals surface area contributed by atoms with E-state index in [-0.39, 0.29) is 0 Å². The van der Waals surface area contributed by atoms with Crippen molar-refractivity contribution in [1.82, 2.24) is 29.9 Å². The standard InChI is InChI=1S/C64H38N4.C60H34N4O/c1-65-59-21-11-19-53-50(18-10-20-56(53)59)48-32-30-47-39-49(33-31-46(47)38-48)52-35-37-58-55-17-9-8-16-54(55)57-36-34-51(60(52)61(57)58)42-26-22-40(23-27-42)41-24-28-45(29-25-41)64-67-62(43-12-4-2-5-13-43)66-63(68-64)44-14-6-3-7-15-44;1-61-52-21-10-18-44-41(17-9-19-47(44)52)36-24-26-37(27-25-36)42-32-34-48-45-14-5-6-15-46(45)49-35-33-43(56(42)57(48)49)38-28-30-40(31-29-38)59-62-58(39-12-3-2-4-13-39)63-60(64-59)51-20-11-23-54-55(51)50-16-7-8-22-53(50)65-54/h2-39H;2-35H. The molecule has 0 aliphatic heterocycles. The number of hydrogen-bond acceptors (Lipinski definition) is 7. The fourth-order valence-electron chi connectivity index (χ4n) is 20.1. The van der Waals surface area contributed by atoms with Crippen LogP contribution in [-0.2, 0) is 0 Å². The van der Waals surface area contributed by atoms with Gasteiger partial charge < -0.3 is 4.42 Å². The lowest BCUT2D eigenvalue weighted by Gasteiger charge is -2.16. The van der Waals surface area contributed by atoms with Crippen molar-refractivity contribution in [2.75, 3.05) is 0 Å². The van der Waals surface area contributed by atoms with E-state index in [0.29, 0.717) is 46.3 Å². The minimum Gasteiger partial charge on any atom is -0.456 e. The Morgan fingerprint density at radius 1 is 0.158 bits per heavy atom. The molecule has 0 unspecified atom stereocenters. The normalized spacial score (nSPS) is 11.6. The molecule has 0 N–H and O–H groups in total. The Morgan fingerprint density at radius 2 is 0.421 bits per heavy atom. The SMILES string of the molecule is [C-]#[N+]c1cccc2c(-c3ccc(-c4ccc5c6c(ccc(-c7ccc(-c8nc(-c9ccccc9)nc(-c9cccc%10oc%11ccccc%11c9%10)n8)cc7)c46)-c4ccccc4-5)cc3)cccc12.[C-]#[N+]c1cccc2c(-c3ccc4cc(-c5ccc6c7c(ccc(-c8ccc(-c9ccc(-c%10nc(-c%11ccccc%11)nc(-c%11ccccc%11)n%10)cc9)cc8)c57)-c5ccccc5-6)ccc4c3)cccc12. The van der Waals surface area contributed by atoms with Gasteiger partial charge in [-0.2, -0.15) is 0 Å². The number of benzene rings is 21. The Kier molecular flexibility index (Phi) is 18.5. The van der Waals surface area contributed by atoms with Crippen LogP contribution in [0.2, 0.25) is 0 Å². The van der Waals surface area contributed by atoms with Gasteiger partial charge in [0.1, 0.15) is 11.2 Å². The highest BCUT2D eigenvalue weighted by molar-refractivity contribution is 6.25. The van der Waals surface area contributed by atoms with Crippen molar-refractivity contribution >= 4 is 87.2 Å². The van der Waals surface area contributed by atoms with Gasteiger partial charge in [0.2, 0.25) is 0 Å². The van der Waals surface area contributed by atoms with E-state index in [0.717, 1.165) is 127 Å². The van der Waals surface area contributed by atoms with Crippen LogP contribution in [-0.4, -0.2) is 29.9 Å². The summed E-state index contributed by atoms with van der Waals surface area (Å²) in [4.78, 5) is 37.7. The average molecular weight is 1690 g/mol. The molecule has 24 aromatic rings. The molecular formula is C124H72N8O. The molecule has 0 saturated carbocycles. The Morgan fingerprint density at radius 3 is 0.835 bits per heavy atom. The summed E-state index contributed by atoms with van der Waals surface area (Å²) < 4.78 is 6.27. The van der Waals surface area contributed by atoms with Gasteiger partial charge in [0.25, 0.3) is 0 Å². The summed E-state index contributed by atoms with van der Waals surface area (Å²) in [5, 5.41) is 13.5. The number of hydrogen-bond donors (Lipinski definition) is 0. The molecule has 614 valence electrons. The Labute approximate surface area is 766 Å².